The second-order valence-electron chi connectivity index (χ2n) is 3.76. The average molecular weight is 391 g/mol. The van der Waals surface area contributed by atoms with E-state index in [1.165, 1.54) is 13.2 Å². The highest BCUT2D eigenvalue weighted by Gasteiger charge is 2.09. The molecule has 0 aliphatic rings. The number of nitrogens with one attached hydrogen (secondary N) is 1. The molecule has 4 nitrogen and oxygen atoms in total. The van der Waals surface area contributed by atoms with Crippen LogP contribution in [0.15, 0.2) is 27.3 Å². The number of hydrogen-bond donors (Lipinski definition) is 1. The van der Waals surface area contributed by atoms with Crippen molar-refractivity contribution in [3.63, 3.8) is 0 Å². The quantitative estimate of drug-likeness (QED) is 0.852. The normalized spacial score (nSPS) is 10.4. The SMILES string of the molecule is COc1nc(Nc2cc(Br)c(F)cc2C)ncc1Br. The molecule has 1 aromatic heterocycles. The lowest BCUT2D eigenvalue weighted by Crippen LogP contribution is -2.01. The van der Waals surface area contributed by atoms with Gasteiger partial charge in [0, 0.05) is 5.69 Å². The second-order valence-corrected chi connectivity index (χ2v) is 5.47. The number of nitrogens with zero attached hydrogens (tertiary/aromatic N) is 2. The van der Waals surface area contributed by atoms with Gasteiger partial charge in [-0.25, -0.2) is 9.37 Å². The summed E-state index contributed by atoms with van der Waals surface area (Å²) < 4.78 is 19.5. The minimum absolute atomic E-state index is 0.308. The lowest BCUT2D eigenvalue weighted by Gasteiger charge is -2.10. The monoisotopic (exact) mass is 389 g/mol. The fourth-order valence-electron chi connectivity index (χ4n) is 1.46. The van der Waals surface area contributed by atoms with Gasteiger partial charge in [0.25, 0.3) is 0 Å². The fourth-order valence-corrected chi connectivity index (χ4v) is 2.15. The molecule has 1 aromatic carbocycles. The number of rotatable bonds is 3. The lowest BCUT2D eigenvalue weighted by atomic mass is 10.2. The first-order chi connectivity index (χ1) is 9.01. The van der Waals surface area contributed by atoms with E-state index < -0.39 is 0 Å². The summed E-state index contributed by atoms with van der Waals surface area (Å²) in [5, 5.41) is 3.02. The maximum atomic E-state index is 13.3. The average Bonchev–Trinajstić information content (AvgIpc) is 2.38. The molecule has 0 saturated heterocycles. The van der Waals surface area contributed by atoms with Gasteiger partial charge in [-0.3, -0.25) is 0 Å². The van der Waals surface area contributed by atoms with Crippen molar-refractivity contribution in [2.24, 2.45) is 0 Å². The summed E-state index contributed by atoms with van der Waals surface area (Å²) in [5.41, 5.74) is 1.48. The lowest BCUT2D eigenvalue weighted by molar-refractivity contribution is 0.394. The zero-order valence-electron chi connectivity index (χ0n) is 10.2. The van der Waals surface area contributed by atoms with Gasteiger partial charge in [0.1, 0.15) is 5.82 Å². The minimum Gasteiger partial charge on any atom is -0.480 e. The van der Waals surface area contributed by atoms with E-state index in [0.717, 1.165) is 11.3 Å². The van der Waals surface area contributed by atoms with Gasteiger partial charge in [0.2, 0.25) is 11.8 Å². The van der Waals surface area contributed by atoms with Crippen LogP contribution in [-0.4, -0.2) is 17.1 Å². The molecule has 2 aromatic rings. The Bertz CT molecular complexity index is 622. The van der Waals surface area contributed by atoms with Gasteiger partial charge in [-0.15, -0.1) is 0 Å². The Kier molecular flexibility index (Phi) is 4.36. The van der Waals surface area contributed by atoms with Gasteiger partial charge in [-0.05, 0) is 56.5 Å². The highest BCUT2D eigenvalue weighted by Crippen LogP contribution is 2.27. The van der Waals surface area contributed by atoms with Crippen LogP contribution in [0.3, 0.4) is 0 Å². The predicted octanol–water partition coefficient (Wildman–Crippen LogP) is 4.20. The first-order valence-corrected chi connectivity index (χ1v) is 6.89. The number of methoxy groups -OCH3 is 1. The first kappa shape index (κ1) is 14.2. The predicted molar refractivity (Wildman–Crippen MR) is 78.4 cm³/mol. The molecule has 0 fully saturated rings. The molecule has 0 unspecified atom stereocenters. The standard InChI is InChI=1S/C12H10Br2FN3O/c1-6-3-9(15)7(13)4-10(6)17-12-16-5-8(14)11(18-12)19-2/h3-5H,1-2H3,(H,16,17,18). The molecule has 100 valence electrons. The maximum Gasteiger partial charge on any atom is 0.232 e. The van der Waals surface area contributed by atoms with Crippen LogP contribution in [0.25, 0.3) is 0 Å². The topological polar surface area (TPSA) is 47.0 Å². The maximum absolute atomic E-state index is 13.3. The van der Waals surface area contributed by atoms with Crippen molar-refractivity contribution in [2.45, 2.75) is 6.92 Å². The molecule has 0 spiro atoms. The zero-order valence-corrected chi connectivity index (χ0v) is 13.3. The van der Waals surface area contributed by atoms with Crippen molar-refractivity contribution < 1.29 is 9.13 Å². The van der Waals surface area contributed by atoms with Gasteiger partial charge in [0.05, 0.1) is 22.3 Å². The van der Waals surface area contributed by atoms with Crippen molar-refractivity contribution in [3.8, 4) is 5.88 Å². The molecule has 19 heavy (non-hydrogen) atoms. The van der Waals surface area contributed by atoms with Gasteiger partial charge in [-0.1, -0.05) is 0 Å². The molecular weight excluding hydrogens is 381 g/mol. The van der Waals surface area contributed by atoms with Crippen molar-refractivity contribution in [2.75, 3.05) is 12.4 Å². The van der Waals surface area contributed by atoms with Gasteiger partial charge in [-0.2, -0.15) is 4.98 Å². The van der Waals surface area contributed by atoms with Crippen LogP contribution in [0.1, 0.15) is 5.56 Å². The van der Waals surface area contributed by atoms with Crippen molar-refractivity contribution in [3.05, 3.63) is 38.7 Å². The van der Waals surface area contributed by atoms with E-state index in [0.29, 0.717) is 20.8 Å². The number of benzene rings is 1. The van der Waals surface area contributed by atoms with Crippen LogP contribution < -0.4 is 10.1 Å². The molecule has 7 heteroatoms. The number of aromatic nitrogens is 2. The van der Waals surface area contributed by atoms with E-state index in [1.807, 2.05) is 0 Å². The number of ether oxygens (including phenoxy) is 1. The van der Waals surface area contributed by atoms with Crippen LogP contribution in [0.2, 0.25) is 0 Å². The molecule has 0 aliphatic heterocycles. The van der Waals surface area contributed by atoms with Crippen molar-refractivity contribution >= 4 is 43.5 Å². The van der Waals surface area contributed by atoms with E-state index in [4.69, 9.17) is 4.74 Å². The Labute approximate surface area is 126 Å². The Morgan fingerprint density at radius 3 is 2.68 bits per heavy atom. The summed E-state index contributed by atoms with van der Waals surface area (Å²) in [6, 6.07) is 3.07. The number of halogens is 3. The summed E-state index contributed by atoms with van der Waals surface area (Å²) in [5.74, 6) is 0.496. The van der Waals surface area contributed by atoms with E-state index in [1.54, 1.807) is 19.2 Å². The Morgan fingerprint density at radius 1 is 1.26 bits per heavy atom. The van der Waals surface area contributed by atoms with E-state index in [-0.39, 0.29) is 5.82 Å². The smallest absolute Gasteiger partial charge is 0.232 e. The molecule has 1 N–H and O–H groups in total. The van der Waals surface area contributed by atoms with Crippen molar-refractivity contribution in [1.82, 2.24) is 9.97 Å². The first-order valence-electron chi connectivity index (χ1n) is 5.30. The van der Waals surface area contributed by atoms with Crippen LogP contribution in [0.5, 0.6) is 5.88 Å². The third-order valence-corrected chi connectivity index (χ3v) is 3.57. The largest absolute Gasteiger partial charge is 0.480 e. The summed E-state index contributed by atoms with van der Waals surface area (Å²) in [4.78, 5) is 8.30. The number of anilines is 2. The number of hydrogen-bond acceptors (Lipinski definition) is 4. The Morgan fingerprint density at radius 2 is 2.00 bits per heavy atom. The Hall–Kier alpha value is -1.21. The zero-order chi connectivity index (χ0) is 14.0. The summed E-state index contributed by atoms with van der Waals surface area (Å²) in [6.07, 6.45) is 1.59. The number of aryl methyl sites for hydroxylation is 1. The third kappa shape index (κ3) is 3.22. The second kappa shape index (κ2) is 5.83. The van der Waals surface area contributed by atoms with Crippen molar-refractivity contribution in [1.29, 1.82) is 0 Å². The summed E-state index contributed by atoms with van der Waals surface area (Å²) >= 11 is 6.42. The molecule has 0 amide bonds. The van der Waals surface area contributed by atoms with Crippen LogP contribution in [-0.2, 0) is 0 Å². The van der Waals surface area contributed by atoms with Gasteiger partial charge >= 0.3 is 0 Å². The molecule has 1 heterocycles. The molecule has 0 bridgehead atoms. The molecule has 2 rings (SSSR count). The highest BCUT2D eigenvalue weighted by molar-refractivity contribution is 9.10. The minimum atomic E-state index is -0.308. The molecule has 0 atom stereocenters. The molecule has 0 aliphatic carbocycles. The van der Waals surface area contributed by atoms with E-state index in [2.05, 4.69) is 47.1 Å². The summed E-state index contributed by atoms with van der Waals surface area (Å²) in [7, 11) is 1.52. The molecular formula is C12H10Br2FN3O. The molecule has 0 radical (unpaired) electrons. The fraction of sp³-hybridized carbons (Fsp3) is 0.167. The molecule has 0 saturated carbocycles. The van der Waals surface area contributed by atoms with E-state index in [9.17, 15) is 4.39 Å². The van der Waals surface area contributed by atoms with Gasteiger partial charge in [0.15, 0.2) is 0 Å². The highest BCUT2D eigenvalue weighted by atomic mass is 79.9. The van der Waals surface area contributed by atoms with E-state index >= 15 is 0 Å². The van der Waals surface area contributed by atoms with Crippen LogP contribution in [0.4, 0.5) is 16.0 Å². The van der Waals surface area contributed by atoms with Gasteiger partial charge < -0.3 is 10.1 Å². The summed E-state index contributed by atoms with van der Waals surface area (Å²) in [6.45, 7) is 1.80. The Balaban J connectivity index is 2.33. The van der Waals surface area contributed by atoms with Crippen LogP contribution >= 0.6 is 31.9 Å². The third-order valence-electron chi connectivity index (χ3n) is 2.42. The van der Waals surface area contributed by atoms with Crippen LogP contribution in [0, 0.1) is 12.7 Å².